The summed E-state index contributed by atoms with van der Waals surface area (Å²) in [6.45, 7) is 5.76. The van der Waals surface area contributed by atoms with Crippen LogP contribution in [0, 0.1) is 0 Å². The second-order valence-corrected chi connectivity index (χ2v) is 7.24. The number of benzene rings is 3. The molecular formula is C25H26O5. The molecule has 1 N–H and O–H groups in total. The number of carbonyl (C=O) groups excluding carboxylic acids is 1. The number of ether oxygens (including phenoxy) is 2. The lowest BCUT2D eigenvalue weighted by molar-refractivity contribution is -0.144. The Bertz CT molecular complexity index is 1070. The number of carbonyl (C=O) groups is 2. The van der Waals surface area contributed by atoms with E-state index in [4.69, 9.17) is 9.47 Å². The predicted octanol–water partition coefficient (Wildman–Crippen LogP) is 5.75. The van der Waals surface area contributed by atoms with Crippen molar-refractivity contribution >= 4 is 33.5 Å². The van der Waals surface area contributed by atoms with Crippen LogP contribution in [0.15, 0.2) is 61.2 Å². The van der Waals surface area contributed by atoms with Crippen LogP contribution in [0.3, 0.4) is 0 Å². The minimum atomic E-state index is -0.992. The summed E-state index contributed by atoms with van der Waals surface area (Å²) in [7, 11) is 0. The van der Waals surface area contributed by atoms with Gasteiger partial charge in [0.25, 0.3) is 0 Å². The third-order valence-corrected chi connectivity index (χ3v) is 5.05. The summed E-state index contributed by atoms with van der Waals surface area (Å²) in [5.74, 6) is -0.870. The second kappa shape index (κ2) is 9.92. The third kappa shape index (κ3) is 4.98. The molecule has 156 valence electrons. The molecule has 0 heterocycles. The molecule has 5 heteroatoms. The van der Waals surface area contributed by atoms with E-state index in [1.807, 2.05) is 30.3 Å². The fraction of sp³-hybridized carbons (Fsp3) is 0.280. The van der Waals surface area contributed by atoms with Gasteiger partial charge in [-0.1, -0.05) is 56.7 Å². The molecule has 30 heavy (non-hydrogen) atoms. The smallest absolute Gasteiger partial charge is 0.335 e. The highest BCUT2D eigenvalue weighted by molar-refractivity contribution is 6.07. The SMILES string of the molecule is C=CC(=O)OC(CCCCC)COc1c2ccccc2cc2ccc(C(=O)O)cc12. The summed E-state index contributed by atoms with van der Waals surface area (Å²) < 4.78 is 11.7. The van der Waals surface area contributed by atoms with Crippen molar-refractivity contribution in [3.05, 3.63) is 66.7 Å². The largest absolute Gasteiger partial charge is 0.488 e. The first kappa shape index (κ1) is 21.4. The van der Waals surface area contributed by atoms with Crippen molar-refractivity contribution in [2.24, 2.45) is 0 Å². The fourth-order valence-electron chi connectivity index (χ4n) is 3.50. The van der Waals surface area contributed by atoms with Gasteiger partial charge in [-0.05, 0) is 41.8 Å². The van der Waals surface area contributed by atoms with E-state index in [2.05, 4.69) is 13.5 Å². The van der Waals surface area contributed by atoms with Crippen molar-refractivity contribution in [2.75, 3.05) is 6.61 Å². The zero-order valence-corrected chi connectivity index (χ0v) is 17.1. The van der Waals surface area contributed by atoms with Crippen LogP contribution in [0.4, 0.5) is 0 Å². The van der Waals surface area contributed by atoms with Crippen LogP contribution in [0.2, 0.25) is 0 Å². The maximum absolute atomic E-state index is 11.7. The van der Waals surface area contributed by atoms with E-state index in [1.54, 1.807) is 18.2 Å². The van der Waals surface area contributed by atoms with Crippen molar-refractivity contribution < 1.29 is 24.2 Å². The van der Waals surface area contributed by atoms with Gasteiger partial charge in [0.15, 0.2) is 0 Å². The molecule has 0 aliphatic carbocycles. The van der Waals surface area contributed by atoms with Gasteiger partial charge < -0.3 is 14.6 Å². The van der Waals surface area contributed by atoms with E-state index in [0.717, 1.165) is 46.9 Å². The Labute approximate surface area is 175 Å². The highest BCUT2D eigenvalue weighted by Gasteiger charge is 2.17. The number of hydrogen-bond donors (Lipinski definition) is 1. The maximum atomic E-state index is 11.7. The van der Waals surface area contributed by atoms with Crippen LogP contribution in [-0.2, 0) is 9.53 Å². The van der Waals surface area contributed by atoms with Crippen molar-refractivity contribution in [3.8, 4) is 5.75 Å². The molecule has 3 aromatic rings. The Hall–Kier alpha value is -3.34. The quantitative estimate of drug-likeness (QED) is 0.201. The summed E-state index contributed by atoms with van der Waals surface area (Å²) in [5, 5.41) is 12.9. The first-order valence-electron chi connectivity index (χ1n) is 10.2. The lowest BCUT2D eigenvalue weighted by atomic mass is 10.00. The van der Waals surface area contributed by atoms with E-state index >= 15 is 0 Å². The van der Waals surface area contributed by atoms with Crippen LogP contribution < -0.4 is 4.74 Å². The molecule has 0 spiro atoms. The zero-order valence-electron chi connectivity index (χ0n) is 17.1. The fourth-order valence-corrected chi connectivity index (χ4v) is 3.50. The summed E-state index contributed by atoms with van der Waals surface area (Å²) in [4.78, 5) is 23.2. The number of hydrogen-bond acceptors (Lipinski definition) is 4. The van der Waals surface area contributed by atoms with E-state index in [9.17, 15) is 14.7 Å². The molecule has 3 aromatic carbocycles. The summed E-state index contributed by atoms with van der Waals surface area (Å²) in [6, 6.07) is 14.8. The zero-order chi connectivity index (χ0) is 21.5. The summed E-state index contributed by atoms with van der Waals surface area (Å²) >= 11 is 0. The van der Waals surface area contributed by atoms with Crippen LogP contribution >= 0.6 is 0 Å². The van der Waals surface area contributed by atoms with Gasteiger partial charge in [-0.2, -0.15) is 0 Å². The van der Waals surface area contributed by atoms with Crippen molar-refractivity contribution in [1.82, 2.24) is 0 Å². The van der Waals surface area contributed by atoms with Gasteiger partial charge in [-0.3, -0.25) is 0 Å². The summed E-state index contributed by atoms with van der Waals surface area (Å²) in [6.07, 6.45) is 4.47. The van der Waals surface area contributed by atoms with Gasteiger partial charge in [-0.15, -0.1) is 0 Å². The van der Waals surface area contributed by atoms with Gasteiger partial charge >= 0.3 is 11.9 Å². The lowest BCUT2D eigenvalue weighted by Gasteiger charge is -2.20. The molecule has 0 amide bonds. The number of carboxylic acids is 1. The average Bonchev–Trinajstić information content (AvgIpc) is 2.75. The Morgan fingerprint density at radius 2 is 1.83 bits per heavy atom. The normalized spacial score (nSPS) is 11.9. The van der Waals surface area contributed by atoms with E-state index in [1.165, 1.54) is 0 Å². The molecular weight excluding hydrogens is 380 g/mol. The molecule has 0 saturated heterocycles. The molecule has 0 aromatic heterocycles. The Morgan fingerprint density at radius 1 is 1.07 bits per heavy atom. The van der Waals surface area contributed by atoms with Gasteiger partial charge in [0, 0.05) is 16.8 Å². The first-order valence-corrected chi connectivity index (χ1v) is 10.2. The lowest BCUT2D eigenvalue weighted by Crippen LogP contribution is -2.24. The van der Waals surface area contributed by atoms with E-state index < -0.39 is 18.0 Å². The maximum Gasteiger partial charge on any atom is 0.335 e. The average molecular weight is 406 g/mol. The minimum absolute atomic E-state index is 0.184. The molecule has 0 radical (unpaired) electrons. The molecule has 0 aliphatic rings. The molecule has 5 nitrogen and oxygen atoms in total. The third-order valence-electron chi connectivity index (χ3n) is 5.05. The van der Waals surface area contributed by atoms with Gasteiger partial charge in [0.2, 0.25) is 0 Å². The molecule has 3 rings (SSSR count). The molecule has 0 bridgehead atoms. The number of carboxylic acid groups (broad SMARTS) is 1. The Balaban J connectivity index is 1.98. The van der Waals surface area contributed by atoms with Crippen molar-refractivity contribution in [1.29, 1.82) is 0 Å². The molecule has 0 fully saturated rings. The molecule has 0 saturated carbocycles. The van der Waals surface area contributed by atoms with Crippen LogP contribution in [-0.4, -0.2) is 29.8 Å². The number of unbranched alkanes of at least 4 members (excludes halogenated alkanes) is 2. The van der Waals surface area contributed by atoms with Gasteiger partial charge in [-0.25, -0.2) is 9.59 Å². The van der Waals surface area contributed by atoms with E-state index in [0.29, 0.717) is 12.2 Å². The molecule has 1 atom stereocenters. The van der Waals surface area contributed by atoms with Crippen LogP contribution in [0.5, 0.6) is 5.75 Å². The second-order valence-electron chi connectivity index (χ2n) is 7.24. The standard InChI is InChI=1S/C25H26O5/c1-3-5-6-10-20(30-23(26)4-2)16-29-24-21-11-8-7-9-17(21)14-18-12-13-19(25(27)28)15-22(18)24/h4,7-9,11-15,20H,2-3,5-6,10,16H2,1H3,(H,27,28). The van der Waals surface area contributed by atoms with Crippen LogP contribution in [0.1, 0.15) is 43.0 Å². The Morgan fingerprint density at radius 3 is 2.57 bits per heavy atom. The summed E-state index contributed by atoms with van der Waals surface area (Å²) in [5.41, 5.74) is 0.195. The Kier molecular flexibility index (Phi) is 7.07. The van der Waals surface area contributed by atoms with E-state index in [-0.39, 0.29) is 12.2 Å². The number of aromatic carboxylic acids is 1. The monoisotopic (exact) mass is 406 g/mol. The van der Waals surface area contributed by atoms with Crippen molar-refractivity contribution in [3.63, 3.8) is 0 Å². The highest BCUT2D eigenvalue weighted by atomic mass is 16.6. The minimum Gasteiger partial charge on any atom is -0.488 e. The molecule has 0 aliphatic heterocycles. The van der Waals surface area contributed by atoms with Crippen LogP contribution in [0.25, 0.3) is 21.5 Å². The predicted molar refractivity (Wildman–Crippen MR) is 118 cm³/mol. The number of fused-ring (bicyclic) bond motifs is 2. The van der Waals surface area contributed by atoms with Gasteiger partial charge in [0.1, 0.15) is 18.5 Å². The number of rotatable bonds is 10. The highest BCUT2D eigenvalue weighted by Crippen LogP contribution is 2.35. The van der Waals surface area contributed by atoms with Gasteiger partial charge in [0.05, 0.1) is 5.56 Å². The number of esters is 1. The molecule has 1 unspecified atom stereocenters. The topological polar surface area (TPSA) is 72.8 Å². The first-order chi connectivity index (χ1) is 14.5. The van der Waals surface area contributed by atoms with Crippen molar-refractivity contribution in [2.45, 2.75) is 38.7 Å².